The maximum Gasteiger partial charge on any atom is 0.331 e. The van der Waals surface area contributed by atoms with Gasteiger partial charge in [0.25, 0.3) is 21.4 Å². The third-order valence-corrected chi connectivity index (χ3v) is 6.92. The molecular formula is C24H17N3O8S. The highest BCUT2D eigenvalue weighted by Crippen LogP contribution is 2.30. The molecule has 0 unspecified atom stereocenters. The second-order valence-corrected chi connectivity index (χ2v) is 9.33. The highest BCUT2D eigenvalue weighted by atomic mass is 32.2. The first-order valence-corrected chi connectivity index (χ1v) is 11.8. The van der Waals surface area contributed by atoms with Crippen LogP contribution in [0.3, 0.4) is 0 Å². The van der Waals surface area contributed by atoms with Crippen LogP contribution < -0.4 is 0 Å². The molecule has 12 heteroatoms. The molecule has 182 valence electrons. The fourth-order valence-corrected chi connectivity index (χ4v) is 4.85. The van der Waals surface area contributed by atoms with Crippen molar-refractivity contribution in [2.24, 2.45) is 0 Å². The molecule has 0 spiro atoms. The van der Waals surface area contributed by atoms with E-state index in [0.29, 0.717) is 0 Å². The predicted molar refractivity (Wildman–Crippen MR) is 130 cm³/mol. The summed E-state index contributed by atoms with van der Waals surface area (Å²) in [5.74, 6) is -0.691. The van der Waals surface area contributed by atoms with Gasteiger partial charge in [-0.05, 0) is 29.8 Å². The number of aromatic nitrogens is 1. The standard InChI is InChI=1S/C24H17N3O8S/c28-24(13-6-17-4-2-1-3-5-17)35-16-18-15-25(23-12-9-20(27(31)32)14-22(18)23)36(33,34)21-10-7-19(8-11-21)26(29)30/h1-15H,16H2/b13-6+. The van der Waals surface area contributed by atoms with Crippen LogP contribution in [0.2, 0.25) is 0 Å². The lowest BCUT2D eigenvalue weighted by molar-refractivity contribution is -0.385. The quantitative estimate of drug-likeness (QED) is 0.147. The van der Waals surface area contributed by atoms with Gasteiger partial charge >= 0.3 is 5.97 Å². The zero-order valence-electron chi connectivity index (χ0n) is 18.4. The fourth-order valence-electron chi connectivity index (χ4n) is 3.46. The molecule has 0 fully saturated rings. The van der Waals surface area contributed by atoms with Gasteiger partial charge in [0, 0.05) is 47.5 Å². The van der Waals surface area contributed by atoms with Crippen molar-refractivity contribution in [3.63, 3.8) is 0 Å². The van der Waals surface area contributed by atoms with Crippen molar-refractivity contribution < 1.29 is 27.8 Å². The Morgan fingerprint density at radius 2 is 1.56 bits per heavy atom. The number of carbonyl (C=O) groups excluding carboxylic acids is 1. The van der Waals surface area contributed by atoms with Gasteiger partial charge in [0.15, 0.2) is 0 Å². The van der Waals surface area contributed by atoms with Crippen LogP contribution in [-0.4, -0.2) is 28.2 Å². The Morgan fingerprint density at radius 1 is 0.917 bits per heavy atom. The van der Waals surface area contributed by atoms with Crippen molar-refractivity contribution in [3.05, 3.63) is 116 Å². The molecular weight excluding hydrogens is 490 g/mol. The summed E-state index contributed by atoms with van der Waals surface area (Å²) < 4.78 is 32.8. The molecule has 1 aromatic heterocycles. The molecule has 0 aliphatic rings. The van der Waals surface area contributed by atoms with Crippen LogP contribution in [0.25, 0.3) is 17.0 Å². The molecule has 0 aliphatic carbocycles. The molecule has 3 aromatic carbocycles. The van der Waals surface area contributed by atoms with Gasteiger partial charge in [0.05, 0.1) is 20.3 Å². The van der Waals surface area contributed by atoms with Crippen molar-refractivity contribution in [3.8, 4) is 0 Å². The summed E-state index contributed by atoms with van der Waals surface area (Å²) in [5.41, 5.74) is 0.559. The maximum absolute atomic E-state index is 13.3. The number of carbonyl (C=O) groups is 1. The van der Waals surface area contributed by atoms with Gasteiger partial charge in [-0.25, -0.2) is 17.2 Å². The van der Waals surface area contributed by atoms with E-state index in [1.165, 1.54) is 24.4 Å². The van der Waals surface area contributed by atoms with Crippen molar-refractivity contribution >= 4 is 44.3 Å². The van der Waals surface area contributed by atoms with E-state index >= 15 is 0 Å². The van der Waals surface area contributed by atoms with Gasteiger partial charge in [-0.3, -0.25) is 20.2 Å². The molecule has 0 radical (unpaired) electrons. The summed E-state index contributed by atoms with van der Waals surface area (Å²) in [6.45, 7) is -0.349. The largest absolute Gasteiger partial charge is 0.458 e. The van der Waals surface area contributed by atoms with Crippen LogP contribution in [0.1, 0.15) is 11.1 Å². The van der Waals surface area contributed by atoms with E-state index in [4.69, 9.17) is 4.74 Å². The van der Waals surface area contributed by atoms with Crippen molar-refractivity contribution in [2.75, 3.05) is 0 Å². The minimum absolute atomic E-state index is 0.116. The van der Waals surface area contributed by atoms with E-state index < -0.39 is 25.8 Å². The maximum atomic E-state index is 13.3. The first-order valence-electron chi connectivity index (χ1n) is 10.3. The molecule has 4 aromatic rings. The van der Waals surface area contributed by atoms with E-state index in [1.54, 1.807) is 30.3 Å². The molecule has 0 aliphatic heterocycles. The zero-order chi connectivity index (χ0) is 25.9. The number of non-ortho nitro benzene ring substituents is 2. The highest BCUT2D eigenvalue weighted by Gasteiger charge is 2.24. The van der Waals surface area contributed by atoms with Crippen molar-refractivity contribution in [1.29, 1.82) is 0 Å². The first kappa shape index (κ1) is 24.3. The van der Waals surface area contributed by atoms with Gasteiger partial charge < -0.3 is 4.74 Å². The molecule has 0 N–H and O–H groups in total. The van der Waals surface area contributed by atoms with Gasteiger partial charge in [-0.15, -0.1) is 0 Å². The number of esters is 1. The van der Waals surface area contributed by atoms with E-state index in [1.807, 2.05) is 6.07 Å². The smallest absolute Gasteiger partial charge is 0.331 e. The number of fused-ring (bicyclic) bond motifs is 1. The topological polar surface area (TPSA) is 152 Å². The Bertz CT molecular complexity index is 1610. The van der Waals surface area contributed by atoms with Crippen LogP contribution in [0.4, 0.5) is 11.4 Å². The lowest BCUT2D eigenvalue weighted by Crippen LogP contribution is -2.12. The summed E-state index contributed by atoms with van der Waals surface area (Å²) in [6, 6.07) is 17.0. The Kier molecular flexibility index (Phi) is 6.61. The highest BCUT2D eigenvalue weighted by molar-refractivity contribution is 7.90. The van der Waals surface area contributed by atoms with E-state index in [-0.39, 0.29) is 39.3 Å². The van der Waals surface area contributed by atoms with E-state index in [2.05, 4.69) is 0 Å². The normalized spacial score (nSPS) is 11.6. The molecule has 0 atom stereocenters. The van der Waals surface area contributed by atoms with Gasteiger partial charge in [-0.1, -0.05) is 30.3 Å². The third kappa shape index (κ3) is 4.98. The SMILES string of the molecule is O=C(/C=C/c1ccccc1)OCc1cn(S(=O)(=O)c2ccc([N+](=O)[O-])cc2)c2ccc([N+](=O)[O-])cc12. The minimum Gasteiger partial charge on any atom is -0.458 e. The predicted octanol–water partition coefficient (Wildman–Crippen LogP) is 4.45. The lowest BCUT2D eigenvalue weighted by atomic mass is 10.1. The monoisotopic (exact) mass is 507 g/mol. The summed E-state index contributed by atoms with van der Waals surface area (Å²) >= 11 is 0. The summed E-state index contributed by atoms with van der Waals surface area (Å²) in [6.07, 6.45) is 3.97. The van der Waals surface area contributed by atoms with E-state index in [9.17, 15) is 33.4 Å². The third-order valence-electron chi connectivity index (χ3n) is 5.23. The Labute approximate surface area is 204 Å². The Hall–Kier alpha value is -4.84. The van der Waals surface area contributed by atoms with Gasteiger partial charge in [0.1, 0.15) is 6.61 Å². The second kappa shape index (κ2) is 9.80. The second-order valence-electron chi connectivity index (χ2n) is 7.52. The molecule has 0 saturated carbocycles. The number of nitrogens with zero attached hydrogens (tertiary/aromatic N) is 3. The first-order chi connectivity index (χ1) is 17.2. The van der Waals surface area contributed by atoms with Crippen LogP contribution in [0, 0.1) is 20.2 Å². The summed E-state index contributed by atoms with van der Waals surface area (Å²) in [7, 11) is -4.24. The molecule has 1 heterocycles. The Balaban J connectivity index is 1.69. The number of nitro benzene ring substituents is 2. The fraction of sp³-hybridized carbons (Fsp3) is 0.0417. The number of ether oxygens (including phenoxy) is 1. The van der Waals surface area contributed by atoms with Crippen LogP contribution >= 0.6 is 0 Å². The van der Waals surface area contributed by atoms with Crippen LogP contribution in [0.5, 0.6) is 0 Å². The van der Waals surface area contributed by atoms with Crippen molar-refractivity contribution in [2.45, 2.75) is 11.5 Å². The Morgan fingerprint density at radius 3 is 2.19 bits per heavy atom. The molecule has 4 rings (SSSR count). The minimum atomic E-state index is -4.24. The number of nitro groups is 2. The zero-order valence-corrected chi connectivity index (χ0v) is 19.2. The molecule has 0 saturated heterocycles. The van der Waals surface area contributed by atoms with E-state index in [0.717, 1.165) is 39.9 Å². The molecule has 36 heavy (non-hydrogen) atoms. The molecule has 0 bridgehead atoms. The summed E-state index contributed by atoms with van der Waals surface area (Å²) in [5, 5.41) is 22.4. The number of hydrogen-bond donors (Lipinski definition) is 0. The van der Waals surface area contributed by atoms with Crippen LogP contribution in [-0.2, 0) is 26.2 Å². The number of hydrogen-bond acceptors (Lipinski definition) is 8. The number of benzene rings is 3. The summed E-state index contributed by atoms with van der Waals surface area (Å²) in [4.78, 5) is 32.9. The molecule has 0 amide bonds. The average molecular weight is 507 g/mol. The van der Waals surface area contributed by atoms with Crippen LogP contribution in [0.15, 0.2) is 90.0 Å². The average Bonchev–Trinajstić information content (AvgIpc) is 3.25. The van der Waals surface area contributed by atoms with Gasteiger partial charge in [-0.2, -0.15) is 0 Å². The van der Waals surface area contributed by atoms with Crippen molar-refractivity contribution in [1.82, 2.24) is 3.97 Å². The lowest BCUT2D eigenvalue weighted by Gasteiger charge is -2.07. The van der Waals surface area contributed by atoms with Gasteiger partial charge in [0.2, 0.25) is 0 Å². The number of rotatable bonds is 8. The molecule has 11 nitrogen and oxygen atoms in total.